The third kappa shape index (κ3) is 6.11. The fraction of sp³-hybridized carbons (Fsp3) is 0.818. The van der Waals surface area contributed by atoms with Crippen LogP contribution in [0.25, 0.3) is 0 Å². The van der Waals surface area contributed by atoms with Crippen molar-refractivity contribution in [3.05, 3.63) is 6.20 Å². The van der Waals surface area contributed by atoms with Crippen molar-refractivity contribution >= 4 is 34.3 Å². The second-order valence-electron chi connectivity index (χ2n) is 8.80. The number of likely N-dealkylation sites (tertiary alicyclic amines) is 1. The highest BCUT2D eigenvalue weighted by atomic mass is 32.2. The first kappa shape index (κ1) is 21.4. The number of hydrogen-bond acceptors (Lipinski definition) is 5. The number of aromatic nitrogens is 1. The SMILES string of the molecule is O=C(Nc1ncc(SCCN2CCCC2)s1)N(C1CCCCC1)C1CCCCC1. The first-order chi connectivity index (χ1) is 14.3. The average molecular weight is 437 g/mol. The molecule has 0 radical (unpaired) electrons. The number of carbonyl (C=O) groups excluding carboxylic acids is 1. The monoisotopic (exact) mass is 436 g/mol. The van der Waals surface area contributed by atoms with Crippen molar-refractivity contribution < 1.29 is 4.79 Å². The van der Waals surface area contributed by atoms with Gasteiger partial charge in [0.15, 0.2) is 5.13 Å². The molecule has 2 saturated carbocycles. The summed E-state index contributed by atoms with van der Waals surface area (Å²) in [4.78, 5) is 22.5. The predicted octanol–water partition coefficient (Wildman–Crippen LogP) is 5.83. The second kappa shape index (κ2) is 11.0. The van der Waals surface area contributed by atoms with E-state index in [2.05, 4.69) is 20.1 Å². The Balaban J connectivity index is 1.32. The van der Waals surface area contributed by atoms with Crippen molar-refractivity contribution in [1.29, 1.82) is 0 Å². The summed E-state index contributed by atoms with van der Waals surface area (Å²) in [5.74, 6) is 1.10. The van der Waals surface area contributed by atoms with E-state index in [1.807, 2.05) is 18.0 Å². The standard InChI is InChI=1S/C22H36N4OS2/c27-22(26(18-9-3-1-4-10-18)19-11-5-2-6-12-19)24-21-23-17-20(29-21)28-16-15-25-13-7-8-14-25/h17-19H,1-16H2,(H,23,24,27). The number of thioether (sulfide) groups is 1. The zero-order valence-electron chi connectivity index (χ0n) is 17.6. The molecule has 1 N–H and O–H groups in total. The molecule has 0 unspecified atom stereocenters. The fourth-order valence-corrected chi connectivity index (χ4v) is 7.11. The van der Waals surface area contributed by atoms with Gasteiger partial charge in [-0.05, 0) is 51.6 Å². The number of hydrogen-bond donors (Lipinski definition) is 1. The van der Waals surface area contributed by atoms with Crippen LogP contribution in [0.2, 0.25) is 0 Å². The smallest absolute Gasteiger partial charge is 0.319 e. The van der Waals surface area contributed by atoms with Gasteiger partial charge in [-0.25, -0.2) is 9.78 Å². The quantitative estimate of drug-likeness (QED) is 0.546. The Labute approximate surface area is 184 Å². The van der Waals surface area contributed by atoms with Crippen molar-refractivity contribution in [2.24, 2.45) is 0 Å². The molecule has 1 aliphatic heterocycles. The lowest BCUT2D eigenvalue weighted by Crippen LogP contribution is -2.50. The maximum atomic E-state index is 13.3. The molecule has 2 amide bonds. The molecule has 0 spiro atoms. The number of carbonyl (C=O) groups is 1. The van der Waals surface area contributed by atoms with E-state index in [1.54, 1.807) is 11.3 Å². The number of nitrogens with zero attached hydrogens (tertiary/aromatic N) is 3. The molecule has 0 aromatic carbocycles. The minimum atomic E-state index is 0.0896. The van der Waals surface area contributed by atoms with E-state index in [1.165, 1.54) is 94.3 Å². The van der Waals surface area contributed by atoms with Crippen LogP contribution in [-0.4, -0.2) is 58.3 Å². The zero-order chi connectivity index (χ0) is 19.9. The van der Waals surface area contributed by atoms with Crippen LogP contribution in [0.5, 0.6) is 0 Å². The summed E-state index contributed by atoms with van der Waals surface area (Å²) in [5, 5.41) is 3.92. The Morgan fingerprint density at radius 2 is 1.66 bits per heavy atom. The minimum Gasteiger partial charge on any atom is -0.319 e. The van der Waals surface area contributed by atoms with Crippen LogP contribution in [0.3, 0.4) is 0 Å². The summed E-state index contributed by atoms with van der Waals surface area (Å²) in [6.45, 7) is 3.66. The number of rotatable bonds is 7. The molecule has 29 heavy (non-hydrogen) atoms. The summed E-state index contributed by atoms with van der Waals surface area (Å²) < 4.78 is 1.21. The molecular weight excluding hydrogens is 400 g/mol. The molecule has 1 saturated heterocycles. The van der Waals surface area contributed by atoms with Crippen molar-refractivity contribution in [1.82, 2.24) is 14.8 Å². The van der Waals surface area contributed by atoms with Gasteiger partial charge >= 0.3 is 6.03 Å². The Hall–Kier alpha value is -0.790. The number of anilines is 1. The van der Waals surface area contributed by atoms with Crippen LogP contribution in [-0.2, 0) is 0 Å². The van der Waals surface area contributed by atoms with E-state index in [-0.39, 0.29) is 6.03 Å². The molecule has 0 atom stereocenters. The van der Waals surface area contributed by atoms with E-state index < -0.39 is 0 Å². The van der Waals surface area contributed by atoms with Gasteiger partial charge in [0.2, 0.25) is 0 Å². The van der Waals surface area contributed by atoms with Gasteiger partial charge in [0.25, 0.3) is 0 Å². The number of amides is 2. The third-order valence-corrected chi connectivity index (χ3v) is 8.81. The van der Waals surface area contributed by atoms with Gasteiger partial charge in [0.05, 0.1) is 10.4 Å². The topological polar surface area (TPSA) is 48.5 Å². The van der Waals surface area contributed by atoms with Crippen molar-refractivity contribution in [3.8, 4) is 0 Å². The summed E-state index contributed by atoms with van der Waals surface area (Å²) in [7, 11) is 0. The lowest BCUT2D eigenvalue weighted by atomic mass is 9.89. The zero-order valence-corrected chi connectivity index (χ0v) is 19.2. The molecule has 3 aliphatic rings. The van der Waals surface area contributed by atoms with Crippen LogP contribution in [0.4, 0.5) is 9.93 Å². The van der Waals surface area contributed by atoms with E-state index in [0.29, 0.717) is 12.1 Å². The summed E-state index contributed by atoms with van der Waals surface area (Å²) in [6.07, 6.45) is 17.0. The Morgan fingerprint density at radius 1 is 1.03 bits per heavy atom. The Morgan fingerprint density at radius 3 is 2.28 bits per heavy atom. The van der Waals surface area contributed by atoms with E-state index in [0.717, 1.165) is 17.4 Å². The van der Waals surface area contributed by atoms with Gasteiger partial charge in [-0.1, -0.05) is 49.9 Å². The number of nitrogens with one attached hydrogen (secondary N) is 1. The lowest BCUT2D eigenvalue weighted by Gasteiger charge is -2.41. The highest BCUT2D eigenvalue weighted by Crippen LogP contribution is 2.32. The van der Waals surface area contributed by atoms with Gasteiger partial charge in [0.1, 0.15) is 0 Å². The molecule has 3 fully saturated rings. The summed E-state index contributed by atoms with van der Waals surface area (Å²) >= 11 is 3.50. The second-order valence-corrected chi connectivity index (χ2v) is 11.2. The van der Waals surface area contributed by atoms with Crippen molar-refractivity contribution in [2.45, 2.75) is 93.3 Å². The summed E-state index contributed by atoms with van der Waals surface area (Å²) in [5.41, 5.74) is 0. The normalized spacial score (nSPS) is 22.1. The number of urea groups is 1. The fourth-order valence-electron chi connectivity index (χ4n) is 5.17. The molecular formula is C22H36N4OS2. The lowest BCUT2D eigenvalue weighted by molar-refractivity contribution is 0.114. The molecule has 2 heterocycles. The van der Waals surface area contributed by atoms with Crippen molar-refractivity contribution in [2.75, 3.05) is 30.7 Å². The molecule has 7 heteroatoms. The van der Waals surface area contributed by atoms with E-state index in [4.69, 9.17) is 0 Å². The van der Waals surface area contributed by atoms with Crippen molar-refractivity contribution in [3.63, 3.8) is 0 Å². The molecule has 1 aromatic rings. The molecule has 5 nitrogen and oxygen atoms in total. The van der Waals surface area contributed by atoms with Crippen LogP contribution in [0, 0.1) is 0 Å². The predicted molar refractivity (Wildman–Crippen MR) is 123 cm³/mol. The Bertz CT molecular complexity index is 617. The van der Waals surface area contributed by atoms with Gasteiger partial charge < -0.3 is 9.80 Å². The van der Waals surface area contributed by atoms with Gasteiger partial charge in [-0.15, -0.1) is 11.8 Å². The van der Waals surface area contributed by atoms with Gasteiger partial charge in [-0.3, -0.25) is 5.32 Å². The largest absolute Gasteiger partial charge is 0.324 e. The molecule has 1 aromatic heterocycles. The van der Waals surface area contributed by atoms with Crippen LogP contribution < -0.4 is 5.32 Å². The average Bonchev–Trinajstić information content (AvgIpc) is 3.42. The molecule has 4 rings (SSSR count). The first-order valence-corrected chi connectivity index (χ1v) is 13.5. The highest BCUT2D eigenvalue weighted by molar-refractivity contribution is 8.01. The Kier molecular flexibility index (Phi) is 8.14. The number of thiazole rings is 1. The molecule has 0 bridgehead atoms. The maximum Gasteiger partial charge on any atom is 0.324 e. The van der Waals surface area contributed by atoms with Gasteiger partial charge in [-0.2, -0.15) is 0 Å². The van der Waals surface area contributed by atoms with E-state index >= 15 is 0 Å². The maximum absolute atomic E-state index is 13.3. The minimum absolute atomic E-state index is 0.0896. The van der Waals surface area contributed by atoms with Gasteiger partial charge in [0, 0.05) is 24.4 Å². The van der Waals surface area contributed by atoms with Crippen LogP contribution in [0.15, 0.2) is 10.4 Å². The summed E-state index contributed by atoms with van der Waals surface area (Å²) in [6, 6.07) is 0.925. The van der Waals surface area contributed by atoms with E-state index in [9.17, 15) is 4.79 Å². The molecule has 162 valence electrons. The third-order valence-electron chi connectivity index (χ3n) is 6.72. The first-order valence-electron chi connectivity index (χ1n) is 11.7. The highest BCUT2D eigenvalue weighted by Gasteiger charge is 2.32. The van der Waals surface area contributed by atoms with Crippen LogP contribution >= 0.6 is 23.1 Å². The molecule has 2 aliphatic carbocycles. The van der Waals surface area contributed by atoms with Crippen LogP contribution in [0.1, 0.15) is 77.0 Å².